The predicted molar refractivity (Wildman–Crippen MR) is 106 cm³/mol. The van der Waals surface area contributed by atoms with Crippen molar-refractivity contribution in [3.63, 3.8) is 0 Å². The zero-order chi connectivity index (χ0) is 18.4. The Labute approximate surface area is 160 Å². The Balaban J connectivity index is 1.47. The summed E-state index contributed by atoms with van der Waals surface area (Å²) in [4.78, 5) is 4.92. The van der Waals surface area contributed by atoms with E-state index in [1.54, 1.807) is 12.1 Å². The van der Waals surface area contributed by atoms with E-state index in [1.807, 2.05) is 12.1 Å². The third-order valence-corrected chi connectivity index (χ3v) is 6.75. The van der Waals surface area contributed by atoms with Crippen molar-refractivity contribution in [1.82, 2.24) is 4.90 Å². The molecule has 0 radical (unpaired) electrons. The van der Waals surface area contributed by atoms with E-state index >= 15 is 0 Å². The molecule has 2 aliphatic heterocycles. The summed E-state index contributed by atoms with van der Waals surface area (Å²) < 4.78 is 19.8. The molecule has 5 rings (SSSR count). The van der Waals surface area contributed by atoms with Crippen LogP contribution in [0, 0.1) is 11.7 Å². The predicted octanol–water partition coefficient (Wildman–Crippen LogP) is 4.34. The van der Waals surface area contributed by atoms with Gasteiger partial charge in [0.25, 0.3) is 0 Å². The molecule has 2 heterocycles. The summed E-state index contributed by atoms with van der Waals surface area (Å²) in [5, 5.41) is 0. The molecule has 2 bridgehead atoms. The van der Waals surface area contributed by atoms with E-state index in [0.717, 1.165) is 44.8 Å². The lowest BCUT2D eigenvalue weighted by Gasteiger charge is -2.38. The number of hydrogen-bond donors (Lipinski definition) is 0. The molecule has 0 aromatic heterocycles. The summed E-state index contributed by atoms with van der Waals surface area (Å²) in [6, 6.07) is 14.6. The fraction of sp³-hybridized carbons (Fsp3) is 0.478. The molecule has 3 atom stereocenters. The van der Waals surface area contributed by atoms with Gasteiger partial charge in [-0.3, -0.25) is 4.90 Å². The minimum absolute atomic E-state index is 0.0902. The van der Waals surface area contributed by atoms with E-state index < -0.39 is 0 Å². The quantitative estimate of drug-likeness (QED) is 0.804. The maximum Gasteiger partial charge on any atom is 0.127 e. The van der Waals surface area contributed by atoms with Crippen LogP contribution in [-0.2, 0) is 11.3 Å². The van der Waals surface area contributed by atoms with Crippen molar-refractivity contribution in [2.75, 3.05) is 37.7 Å². The molecule has 2 fully saturated rings. The number of fused-ring (bicyclic) bond motifs is 5. The minimum atomic E-state index is -0.0902. The first kappa shape index (κ1) is 17.2. The van der Waals surface area contributed by atoms with Crippen LogP contribution in [0.1, 0.15) is 42.0 Å². The van der Waals surface area contributed by atoms with Crippen molar-refractivity contribution >= 4 is 5.69 Å². The van der Waals surface area contributed by atoms with Gasteiger partial charge in [-0.2, -0.15) is 0 Å². The molecular formula is C23H27FN2O. The minimum Gasteiger partial charge on any atom is -0.378 e. The number of benzene rings is 2. The third-order valence-electron chi connectivity index (χ3n) is 6.75. The van der Waals surface area contributed by atoms with Gasteiger partial charge in [-0.1, -0.05) is 31.2 Å². The number of rotatable bonds is 3. The topological polar surface area (TPSA) is 15.7 Å². The molecule has 0 saturated carbocycles. The molecule has 2 aromatic rings. The van der Waals surface area contributed by atoms with E-state index in [0.29, 0.717) is 24.4 Å². The van der Waals surface area contributed by atoms with Gasteiger partial charge in [0, 0.05) is 36.9 Å². The highest BCUT2D eigenvalue weighted by atomic mass is 19.1. The van der Waals surface area contributed by atoms with Crippen LogP contribution in [-0.4, -0.2) is 37.7 Å². The van der Waals surface area contributed by atoms with Gasteiger partial charge in [0.15, 0.2) is 0 Å². The summed E-state index contributed by atoms with van der Waals surface area (Å²) in [6.07, 6.45) is 1.16. The zero-order valence-corrected chi connectivity index (χ0v) is 15.9. The number of halogens is 1. The summed E-state index contributed by atoms with van der Waals surface area (Å²) in [7, 11) is 0. The van der Waals surface area contributed by atoms with Crippen LogP contribution >= 0.6 is 0 Å². The average molecular weight is 366 g/mol. The van der Waals surface area contributed by atoms with Gasteiger partial charge in [-0.15, -0.1) is 0 Å². The lowest BCUT2D eigenvalue weighted by atomic mass is 9.85. The van der Waals surface area contributed by atoms with E-state index in [1.165, 1.54) is 16.8 Å². The van der Waals surface area contributed by atoms with Crippen LogP contribution in [0.3, 0.4) is 0 Å². The number of nitrogens with zero attached hydrogens (tertiary/aromatic N) is 2. The Hall–Kier alpha value is -1.91. The standard InChI is InChI=1S/C23H27FN2O/c1-16-19-8-9-26(15-17-4-2-3-5-22(17)24)23(16)21-14-18(6-7-20(19)21)25-10-12-27-13-11-25/h2-7,14,16,19,23H,8-13,15H2,1H3. The van der Waals surface area contributed by atoms with Crippen LogP contribution in [0.4, 0.5) is 10.1 Å². The highest BCUT2D eigenvalue weighted by Gasteiger charge is 2.44. The van der Waals surface area contributed by atoms with Gasteiger partial charge in [0.1, 0.15) is 5.82 Å². The first-order valence-electron chi connectivity index (χ1n) is 10.2. The Morgan fingerprint density at radius 1 is 1.04 bits per heavy atom. The maximum atomic E-state index is 14.2. The van der Waals surface area contributed by atoms with Crippen LogP contribution in [0.15, 0.2) is 42.5 Å². The monoisotopic (exact) mass is 366 g/mol. The lowest BCUT2D eigenvalue weighted by Crippen LogP contribution is -2.37. The van der Waals surface area contributed by atoms with E-state index in [2.05, 4.69) is 34.9 Å². The maximum absolute atomic E-state index is 14.2. The molecule has 3 aliphatic rings. The molecule has 0 N–H and O–H groups in total. The van der Waals surface area contributed by atoms with E-state index in [4.69, 9.17) is 4.74 Å². The molecule has 2 aromatic carbocycles. The Morgan fingerprint density at radius 2 is 1.85 bits per heavy atom. The van der Waals surface area contributed by atoms with Crippen molar-refractivity contribution < 1.29 is 9.13 Å². The second-order valence-electron chi connectivity index (χ2n) is 8.17. The van der Waals surface area contributed by atoms with Gasteiger partial charge in [0.2, 0.25) is 0 Å². The van der Waals surface area contributed by atoms with Crippen molar-refractivity contribution in [3.8, 4) is 0 Å². The van der Waals surface area contributed by atoms with Crippen LogP contribution in [0.5, 0.6) is 0 Å². The Bertz CT molecular complexity index is 833. The molecule has 3 nitrogen and oxygen atoms in total. The van der Waals surface area contributed by atoms with Gasteiger partial charge in [0.05, 0.1) is 13.2 Å². The van der Waals surface area contributed by atoms with Crippen molar-refractivity contribution in [1.29, 1.82) is 0 Å². The van der Waals surface area contributed by atoms with Crippen LogP contribution in [0.2, 0.25) is 0 Å². The van der Waals surface area contributed by atoms with Crippen molar-refractivity contribution in [2.45, 2.75) is 31.8 Å². The molecule has 4 heteroatoms. The second kappa shape index (κ2) is 6.92. The van der Waals surface area contributed by atoms with E-state index in [-0.39, 0.29) is 5.82 Å². The number of likely N-dealkylation sites (tertiary alicyclic amines) is 1. The molecule has 142 valence electrons. The summed E-state index contributed by atoms with van der Waals surface area (Å²) in [6.45, 7) is 7.63. The average Bonchev–Trinajstić information content (AvgIpc) is 2.87. The molecule has 27 heavy (non-hydrogen) atoms. The zero-order valence-electron chi connectivity index (χ0n) is 15.9. The molecule has 2 saturated heterocycles. The highest BCUT2D eigenvalue weighted by Crippen LogP contribution is 2.54. The summed E-state index contributed by atoms with van der Waals surface area (Å²) in [5.74, 6) is 1.13. The summed E-state index contributed by atoms with van der Waals surface area (Å²) >= 11 is 0. The first-order valence-corrected chi connectivity index (χ1v) is 10.2. The molecule has 1 aliphatic carbocycles. The van der Waals surface area contributed by atoms with Crippen molar-refractivity contribution in [2.24, 2.45) is 5.92 Å². The highest BCUT2D eigenvalue weighted by molar-refractivity contribution is 5.55. The fourth-order valence-electron chi connectivity index (χ4n) is 5.38. The molecule has 0 amide bonds. The van der Waals surface area contributed by atoms with Crippen molar-refractivity contribution in [3.05, 3.63) is 65.0 Å². The number of morpholine rings is 1. The number of piperidine rings is 1. The lowest BCUT2D eigenvalue weighted by molar-refractivity contribution is 0.0951. The van der Waals surface area contributed by atoms with Crippen LogP contribution < -0.4 is 4.90 Å². The normalized spacial score (nSPS) is 27.6. The smallest absolute Gasteiger partial charge is 0.127 e. The first-order chi connectivity index (χ1) is 13.2. The number of hydrogen-bond acceptors (Lipinski definition) is 3. The van der Waals surface area contributed by atoms with Gasteiger partial charge in [-0.25, -0.2) is 4.39 Å². The number of anilines is 1. The molecule has 3 unspecified atom stereocenters. The second-order valence-corrected chi connectivity index (χ2v) is 8.17. The number of ether oxygens (including phenoxy) is 1. The summed E-state index contributed by atoms with van der Waals surface area (Å²) in [5.41, 5.74) is 5.09. The van der Waals surface area contributed by atoms with Crippen LogP contribution in [0.25, 0.3) is 0 Å². The molecular weight excluding hydrogens is 339 g/mol. The largest absolute Gasteiger partial charge is 0.378 e. The third kappa shape index (κ3) is 2.95. The fourth-order valence-corrected chi connectivity index (χ4v) is 5.38. The van der Waals surface area contributed by atoms with Gasteiger partial charge < -0.3 is 9.64 Å². The van der Waals surface area contributed by atoms with Gasteiger partial charge >= 0.3 is 0 Å². The molecule has 0 spiro atoms. The Kier molecular flexibility index (Phi) is 4.41. The SMILES string of the molecule is CC1C2CCN(Cc3ccccc3F)C1c1cc(N3CCOCC3)ccc12. The Morgan fingerprint density at radius 3 is 2.67 bits per heavy atom. The van der Waals surface area contributed by atoms with Gasteiger partial charge in [-0.05, 0) is 54.1 Å². The van der Waals surface area contributed by atoms with E-state index in [9.17, 15) is 4.39 Å².